The number of hydrogen-bond acceptors (Lipinski definition) is 2. The average Bonchev–Trinajstić information content (AvgIpc) is 1.93. The molecule has 0 bridgehead atoms. The molecule has 1 radical (unpaired) electrons. The van der Waals surface area contributed by atoms with E-state index in [1.54, 1.807) is 12.1 Å². The quantitative estimate of drug-likeness (QED) is 0.668. The van der Waals surface area contributed by atoms with Crippen molar-refractivity contribution in [1.29, 1.82) is 0 Å². The van der Waals surface area contributed by atoms with E-state index in [1.165, 1.54) is 0 Å². The summed E-state index contributed by atoms with van der Waals surface area (Å²) in [4.78, 5) is 0. The summed E-state index contributed by atoms with van der Waals surface area (Å²) in [6.07, 6.45) is 0. The zero-order chi connectivity index (χ0) is 8.27. The fourth-order valence-electron chi connectivity index (χ4n) is 0.852. The molecule has 1 aromatic rings. The molecule has 0 saturated carbocycles. The fraction of sp³-hybridized carbons (Fsp3) is 0.250. The zero-order valence-electron chi connectivity index (χ0n) is 6.20. The van der Waals surface area contributed by atoms with Gasteiger partial charge in [-0.25, -0.2) is 8.42 Å². The van der Waals surface area contributed by atoms with E-state index in [0.717, 1.165) is 11.1 Å². The SMILES string of the molecule is Cc1cc[c]cc1C[SH](=O)=O. The maximum atomic E-state index is 10.3. The summed E-state index contributed by atoms with van der Waals surface area (Å²) in [5.74, 6) is 0.124. The van der Waals surface area contributed by atoms with Gasteiger partial charge in [0.2, 0.25) is 0 Å². The molecule has 0 aliphatic rings. The Kier molecular flexibility index (Phi) is 2.65. The Morgan fingerprint density at radius 3 is 2.82 bits per heavy atom. The maximum absolute atomic E-state index is 10.3. The van der Waals surface area contributed by atoms with Crippen LogP contribution in [0.2, 0.25) is 0 Å². The van der Waals surface area contributed by atoms with Gasteiger partial charge < -0.3 is 0 Å². The van der Waals surface area contributed by atoms with Crippen LogP contribution in [0.25, 0.3) is 0 Å². The molecular formula is C8H9O2S. The third-order valence-electron chi connectivity index (χ3n) is 1.49. The van der Waals surface area contributed by atoms with Crippen molar-refractivity contribution in [3.8, 4) is 0 Å². The van der Waals surface area contributed by atoms with Crippen LogP contribution >= 0.6 is 0 Å². The van der Waals surface area contributed by atoms with Gasteiger partial charge in [-0.3, -0.25) is 0 Å². The number of rotatable bonds is 2. The molecule has 0 saturated heterocycles. The van der Waals surface area contributed by atoms with E-state index < -0.39 is 10.7 Å². The molecule has 0 atom stereocenters. The number of aryl methyl sites for hydroxylation is 1. The van der Waals surface area contributed by atoms with Gasteiger partial charge in [0.1, 0.15) is 10.7 Å². The minimum Gasteiger partial charge on any atom is -0.232 e. The number of hydrogen-bond donors (Lipinski definition) is 1. The third-order valence-corrected chi connectivity index (χ3v) is 2.09. The Morgan fingerprint density at radius 1 is 1.55 bits per heavy atom. The van der Waals surface area contributed by atoms with Crippen molar-refractivity contribution >= 4 is 10.7 Å². The van der Waals surface area contributed by atoms with Gasteiger partial charge in [0, 0.05) is 0 Å². The summed E-state index contributed by atoms with van der Waals surface area (Å²) in [7, 11) is -2.31. The van der Waals surface area contributed by atoms with Crippen molar-refractivity contribution in [3.63, 3.8) is 0 Å². The molecule has 11 heavy (non-hydrogen) atoms. The first-order chi connectivity index (χ1) is 5.20. The predicted molar refractivity (Wildman–Crippen MR) is 44.0 cm³/mol. The van der Waals surface area contributed by atoms with Crippen LogP contribution in [0.15, 0.2) is 18.2 Å². The lowest BCUT2D eigenvalue weighted by Crippen LogP contribution is -1.89. The number of thiol groups is 1. The lowest BCUT2D eigenvalue weighted by atomic mass is 10.1. The predicted octanol–water partition coefficient (Wildman–Crippen LogP) is 0.907. The first kappa shape index (κ1) is 8.27. The van der Waals surface area contributed by atoms with Gasteiger partial charge in [0.15, 0.2) is 0 Å². The zero-order valence-corrected chi connectivity index (χ0v) is 7.10. The van der Waals surface area contributed by atoms with Gasteiger partial charge in [0.25, 0.3) is 0 Å². The minimum atomic E-state index is -2.31. The molecule has 0 spiro atoms. The smallest absolute Gasteiger partial charge is 0.144 e. The minimum absolute atomic E-state index is 0.124. The molecule has 3 heteroatoms. The van der Waals surface area contributed by atoms with Crippen molar-refractivity contribution in [2.24, 2.45) is 0 Å². The van der Waals surface area contributed by atoms with E-state index in [-0.39, 0.29) is 5.75 Å². The third kappa shape index (κ3) is 2.35. The molecule has 0 amide bonds. The lowest BCUT2D eigenvalue weighted by molar-refractivity contribution is 0.614. The molecule has 59 valence electrons. The van der Waals surface area contributed by atoms with Gasteiger partial charge in [-0.1, -0.05) is 12.1 Å². The standard InChI is InChI=1S/C8H9O2S/c1-7-4-2-3-5-8(7)6-11(9)10/h2,4-5,11H,6H2,1H3. The Bertz CT molecular complexity index is 308. The second kappa shape index (κ2) is 3.53. The van der Waals surface area contributed by atoms with Gasteiger partial charge in [-0.15, -0.1) is 0 Å². The van der Waals surface area contributed by atoms with Gasteiger partial charge >= 0.3 is 0 Å². The molecular weight excluding hydrogens is 160 g/mol. The van der Waals surface area contributed by atoms with Crippen LogP contribution in [0.5, 0.6) is 0 Å². The molecule has 0 aromatic heterocycles. The Labute approximate surface area is 67.8 Å². The highest BCUT2D eigenvalue weighted by Crippen LogP contribution is 2.06. The van der Waals surface area contributed by atoms with E-state index in [2.05, 4.69) is 6.07 Å². The van der Waals surface area contributed by atoms with Crippen LogP contribution in [0.3, 0.4) is 0 Å². The van der Waals surface area contributed by atoms with Crippen molar-refractivity contribution in [1.82, 2.24) is 0 Å². The van der Waals surface area contributed by atoms with Crippen LogP contribution in [-0.4, -0.2) is 8.42 Å². The van der Waals surface area contributed by atoms with E-state index in [4.69, 9.17) is 0 Å². The summed E-state index contributed by atoms with van der Waals surface area (Å²) in [6.45, 7) is 1.89. The van der Waals surface area contributed by atoms with Crippen molar-refractivity contribution in [2.45, 2.75) is 12.7 Å². The van der Waals surface area contributed by atoms with Crippen LogP contribution in [0.1, 0.15) is 11.1 Å². The average molecular weight is 169 g/mol. The highest BCUT2D eigenvalue weighted by Gasteiger charge is 1.96. The van der Waals surface area contributed by atoms with Crippen molar-refractivity contribution < 1.29 is 8.42 Å². The van der Waals surface area contributed by atoms with E-state index in [9.17, 15) is 8.42 Å². The molecule has 0 N–H and O–H groups in total. The fourth-order valence-corrected chi connectivity index (χ4v) is 1.47. The second-order valence-corrected chi connectivity index (χ2v) is 3.33. The monoisotopic (exact) mass is 169 g/mol. The molecule has 0 fully saturated rings. The molecule has 1 aromatic carbocycles. The molecule has 2 nitrogen and oxygen atoms in total. The van der Waals surface area contributed by atoms with Crippen LogP contribution in [0, 0.1) is 13.0 Å². The van der Waals surface area contributed by atoms with E-state index in [1.807, 2.05) is 13.0 Å². The van der Waals surface area contributed by atoms with Crippen LogP contribution in [0.4, 0.5) is 0 Å². The van der Waals surface area contributed by atoms with Crippen LogP contribution < -0.4 is 0 Å². The highest BCUT2D eigenvalue weighted by atomic mass is 32.2. The first-order valence-corrected chi connectivity index (χ1v) is 4.64. The van der Waals surface area contributed by atoms with E-state index in [0.29, 0.717) is 0 Å². The van der Waals surface area contributed by atoms with Crippen molar-refractivity contribution in [2.75, 3.05) is 0 Å². The molecule has 0 aliphatic heterocycles. The second-order valence-electron chi connectivity index (χ2n) is 2.34. The maximum Gasteiger partial charge on any atom is 0.144 e. The Hall–Kier alpha value is -0.830. The summed E-state index contributed by atoms with van der Waals surface area (Å²) in [5.41, 5.74) is 1.84. The van der Waals surface area contributed by atoms with Gasteiger partial charge in [0.05, 0.1) is 5.75 Å². The Balaban J connectivity index is 2.94. The van der Waals surface area contributed by atoms with Crippen LogP contribution in [-0.2, 0) is 16.5 Å². The van der Waals surface area contributed by atoms with Crippen molar-refractivity contribution in [3.05, 3.63) is 35.4 Å². The summed E-state index contributed by atoms with van der Waals surface area (Å²) in [6, 6.07) is 8.18. The molecule has 1 rings (SSSR count). The van der Waals surface area contributed by atoms with Gasteiger partial charge in [-0.2, -0.15) is 0 Å². The summed E-state index contributed by atoms with van der Waals surface area (Å²) in [5, 5.41) is 0. The largest absolute Gasteiger partial charge is 0.232 e. The lowest BCUT2D eigenvalue weighted by Gasteiger charge is -1.97. The molecule has 0 aliphatic carbocycles. The first-order valence-electron chi connectivity index (χ1n) is 3.27. The number of benzene rings is 1. The summed E-state index contributed by atoms with van der Waals surface area (Å²) < 4.78 is 20.7. The molecule has 0 unspecified atom stereocenters. The summed E-state index contributed by atoms with van der Waals surface area (Å²) >= 11 is 0. The van der Waals surface area contributed by atoms with Gasteiger partial charge in [-0.05, 0) is 30.2 Å². The topological polar surface area (TPSA) is 34.1 Å². The molecule has 0 heterocycles. The highest BCUT2D eigenvalue weighted by molar-refractivity contribution is 7.71. The Morgan fingerprint density at radius 2 is 2.27 bits per heavy atom. The van der Waals surface area contributed by atoms with E-state index >= 15 is 0 Å². The normalized spacial score (nSPS) is 10.4.